The first-order valence-corrected chi connectivity index (χ1v) is 8.41. The maximum absolute atomic E-state index is 10.6. The number of hydrogen-bond acceptors (Lipinski definition) is 5. The topological polar surface area (TPSA) is 48.7 Å². The van der Waals surface area contributed by atoms with Crippen LogP contribution < -0.4 is 10.3 Å². The fourth-order valence-corrected chi connectivity index (χ4v) is 4.43. The Labute approximate surface area is 144 Å². The summed E-state index contributed by atoms with van der Waals surface area (Å²) in [6.45, 7) is 3.95. The lowest BCUT2D eigenvalue weighted by Gasteiger charge is -2.19. The van der Waals surface area contributed by atoms with Gasteiger partial charge in [-0.25, -0.2) is 4.98 Å². The van der Waals surface area contributed by atoms with Crippen molar-refractivity contribution in [2.45, 2.75) is 13.8 Å². The first-order chi connectivity index (χ1) is 10.8. The first kappa shape index (κ1) is 16.0. The Morgan fingerprint density at radius 3 is 2.57 bits per heavy atom. The molecule has 0 saturated heterocycles. The molecule has 1 aliphatic carbocycles. The number of phenols is 1. The lowest BCUT2D eigenvalue weighted by Crippen LogP contribution is -2.11. The van der Waals surface area contributed by atoms with Crippen LogP contribution in [-0.2, 0) is 0 Å². The van der Waals surface area contributed by atoms with Gasteiger partial charge in [0.05, 0.1) is 31.5 Å². The Kier molecular flexibility index (Phi) is 3.94. The molecule has 0 aromatic heterocycles. The van der Waals surface area contributed by atoms with Gasteiger partial charge in [-0.2, -0.15) is 0 Å². The average molecular weight is 348 g/mol. The van der Waals surface area contributed by atoms with Crippen LogP contribution >= 0.6 is 22.9 Å². The molecule has 1 N–H and O–H groups in total. The minimum absolute atomic E-state index is 0.197. The lowest BCUT2D eigenvalue weighted by molar-refractivity contribution is 0.470. The average Bonchev–Trinajstić information content (AvgIpc) is 2.46. The van der Waals surface area contributed by atoms with Gasteiger partial charge in [-0.3, -0.25) is 4.99 Å². The van der Waals surface area contributed by atoms with Crippen molar-refractivity contribution in [3.63, 3.8) is 0 Å². The quantitative estimate of drug-likeness (QED) is 0.677. The molecule has 0 unspecified atom stereocenters. The summed E-state index contributed by atoms with van der Waals surface area (Å²) in [5, 5.41) is 11.9. The maximum Gasteiger partial charge on any atom is 0.160 e. The third kappa shape index (κ3) is 2.44. The number of phenolic OH excluding ortho intramolecular Hbond substituents is 1. The molecule has 23 heavy (non-hydrogen) atoms. The highest BCUT2D eigenvalue weighted by molar-refractivity contribution is 7.22. The molecule has 1 aromatic carbocycles. The van der Waals surface area contributed by atoms with Crippen LogP contribution in [0.25, 0.3) is 20.8 Å². The number of fused-ring (bicyclic) bond motifs is 2. The summed E-state index contributed by atoms with van der Waals surface area (Å²) in [5.74, 6) is 0.197. The molecule has 1 aromatic rings. The number of anilines is 1. The SMILES string of the molecule is CN=c1c(C)cc2nc3cc(Cl)c(N(C)C)c(C)c3sc-2c1O. The number of aromatic nitrogens is 1. The van der Waals surface area contributed by atoms with Crippen molar-refractivity contribution in [3.8, 4) is 16.3 Å². The van der Waals surface area contributed by atoms with E-state index >= 15 is 0 Å². The zero-order valence-corrected chi connectivity index (χ0v) is 15.3. The van der Waals surface area contributed by atoms with Gasteiger partial charge >= 0.3 is 0 Å². The molecule has 0 fully saturated rings. The Balaban J connectivity index is 2.50. The van der Waals surface area contributed by atoms with Gasteiger partial charge < -0.3 is 10.0 Å². The molecule has 1 heterocycles. The van der Waals surface area contributed by atoms with E-state index < -0.39 is 0 Å². The standard InChI is InChI=1S/C17H18ClN3OS/c1-8-6-11-17(15(22)13(8)19-3)23-16-9(2)14(21(4)5)10(18)7-12(16)20-11/h6-7,22H,1-5H3. The largest absolute Gasteiger partial charge is 0.504 e. The number of nitrogens with zero attached hydrogens (tertiary/aromatic N) is 3. The predicted molar refractivity (Wildman–Crippen MR) is 98.2 cm³/mol. The van der Waals surface area contributed by atoms with Crippen molar-refractivity contribution in [1.29, 1.82) is 0 Å². The number of benzene rings is 2. The minimum atomic E-state index is 0.197. The van der Waals surface area contributed by atoms with E-state index in [0.717, 1.165) is 37.6 Å². The summed E-state index contributed by atoms with van der Waals surface area (Å²) in [5.41, 5.74) is 4.55. The van der Waals surface area contributed by atoms with Gasteiger partial charge in [0.25, 0.3) is 0 Å². The third-order valence-corrected chi connectivity index (χ3v) is 5.55. The summed E-state index contributed by atoms with van der Waals surface area (Å²) in [6.07, 6.45) is 0. The van der Waals surface area contributed by atoms with E-state index in [1.165, 1.54) is 11.3 Å². The second kappa shape index (κ2) is 5.65. The lowest BCUT2D eigenvalue weighted by atomic mass is 10.1. The molecule has 0 atom stereocenters. The number of halogens is 1. The van der Waals surface area contributed by atoms with Gasteiger partial charge in [0.15, 0.2) is 5.75 Å². The van der Waals surface area contributed by atoms with Crippen LogP contribution in [0.3, 0.4) is 0 Å². The summed E-state index contributed by atoms with van der Waals surface area (Å²) >= 11 is 7.95. The normalized spacial score (nSPS) is 12.3. The van der Waals surface area contributed by atoms with E-state index in [0.29, 0.717) is 10.4 Å². The highest BCUT2D eigenvalue weighted by Crippen LogP contribution is 2.41. The number of aryl methyl sites for hydroxylation is 2. The molecule has 0 bridgehead atoms. The van der Waals surface area contributed by atoms with Gasteiger partial charge in [0, 0.05) is 21.1 Å². The second-order valence-electron chi connectivity index (χ2n) is 5.75. The zero-order chi connectivity index (χ0) is 16.9. The van der Waals surface area contributed by atoms with Crippen molar-refractivity contribution in [3.05, 3.63) is 33.6 Å². The molecule has 6 heteroatoms. The van der Waals surface area contributed by atoms with Crippen molar-refractivity contribution in [2.75, 3.05) is 26.0 Å². The van der Waals surface area contributed by atoms with Crippen LogP contribution in [0.1, 0.15) is 11.1 Å². The Morgan fingerprint density at radius 1 is 1.26 bits per heavy atom. The van der Waals surface area contributed by atoms with Gasteiger partial charge in [-0.15, -0.1) is 11.3 Å². The molecular weight excluding hydrogens is 330 g/mol. The Hall–Kier alpha value is -1.85. The highest BCUT2D eigenvalue weighted by Gasteiger charge is 2.19. The van der Waals surface area contributed by atoms with Crippen molar-refractivity contribution >= 4 is 38.8 Å². The van der Waals surface area contributed by atoms with Crippen molar-refractivity contribution in [1.82, 2.24) is 4.98 Å². The molecule has 3 rings (SSSR count). The van der Waals surface area contributed by atoms with Crippen molar-refractivity contribution < 1.29 is 5.11 Å². The van der Waals surface area contributed by atoms with Gasteiger partial charge in [0.2, 0.25) is 0 Å². The fraction of sp³-hybridized carbons (Fsp3) is 0.294. The van der Waals surface area contributed by atoms with Crippen molar-refractivity contribution in [2.24, 2.45) is 4.99 Å². The Morgan fingerprint density at radius 2 is 1.96 bits per heavy atom. The molecule has 120 valence electrons. The van der Waals surface area contributed by atoms with E-state index in [4.69, 9.17) is 16.6 Å². The molecule has 0 radical (unpaired) electrons. The van der Waals surface area contributed by atoms with Crippen LogP contribution in [0.4, 0.5) is 5.69 Å². The second-order valence-corrected chi connectivity index (χ2v) is 7.18. The molecule has 4 nitrogen and oxygen atoms in total. The van der Waals surface area contributed by atoms with E-state index in [1.54, 1.807) is 7.05 Å². The summed E-state index contributed by atoms with van der Waals surface area (Å²) in [4.78, 5) is 11.6. The minimum Gasteiger partial charge on any atom is -0.504 e. The first-order valence-electron chi connectivity index (χ1n) is 7.21. The van der Waals surface area contributed by atoms with Crippen LogP contribution in [-0.4, -0.2) is 31.2 Å². The summed E-state index contributed by atoms with van der Waals surface area (Å²) < 4.78 is 1.02. The summed E-state index contributed by atoms with van der Waals surface area (Å²) in [7, 11) is 5.62. The van der Waals surface area contributed by atoms with Gasteiger partial charge in [-0.05, 0) is 37.1 Å². The van der Waals surface area contributed by atoms with Crippen LogP contribution in [0.2, 0.25) is 5.02 Å². The van der Waals surface area contributed by atoms with E-state index in [1.807, 2.05) is 45.0 Å². The third-order valence-electron chi connectivity index (χ3n) is 3.93. The van der Waals surface area contributed by atoms with E-state index in [9.17, 15) is 5.11 Å². The van der Waals surface area contributed by atoms with E-state index in [-0.39, 0.29) is 5.75 Å². The summed E-state index contributed by atoms with van der Waals surface area (Å²) in [6, 6.07) is 3.84. The van der Waals surface area contributed by atoms with Crippen LogP contribution in [0.5, 0.6) is 5.75 Å². The smallest absolute Gasteiger partial charge is 0.160 e. The number of rotatable bonds is 1. The maximum atomic E-state index is 10.6. The molecular formula is C17H18ClN3OS. The zero-order valence-electron chi connectivity index (χ0n) is 13.7. The number of hydrogen-bond donors (Lipinski definition) is 1. The molecule has 0 spiro atoms. The highest BCUT2D eigenvalue weighted by atomic mass is 35.5. The monoisotopic (exact) mass is 347 g/mol. The molecule has 0 amide bonds. The van der Waals surface area contributed by atoms with Crippen LogP contribution in [0, 0.1) is 13.8 Å². The molecule has 2 aliphatic rings. The van der Waals surface area contributed by atoms with Crippen LogP contribution in [0.15, 0.2) is 17.1 Å². The van der Waals surface area contributed by atoms with Gasteiger partial charge in [-0.1, -0.05) is 11.6 Å². The number of aromatic hydroxyl groups is 1. The van der Waals surface area contributed by atoms with E-state index in [2.05, 4.69) is 4.99 Å². The predicted octanol–water partition coefficient (Wildman–Crippen LogP) is 3.97. The molecule has 1 aliphatic heterocycles. The fourth-order valence-electron chi connectivity index (χ4n) is 2.95. The Bertz CT molecular complexity index is 963. The molecule has 0 saturated carbocycles. The van der Waals surface area contributed by atoms with Gasteiger partial charge in [0.1, 0.15) is 5.36 Å².